The molecule has 22 heavy (non-hydrogen) atoms. The molecular formula is C18H16N2O2. The van der Waals surface area contributed by atoms with Crippen molar-refractivity contribution in [3.8, 4) is 17.6 Å². The van der Waals surface area contributed by atoms with E-state index in [1.54, 1.807) is 12.1 Å². The fraction of sp³-hybridized carbons (Fsp3) is 0.167. The maximum absolute atomic E-state index is 9.62. The fourth-order valence-corrected chi connectivity index (χ4v) is 2.73. The first-order valence-electron chi connectivity index (χ1n) is 7.13. The Morgan fingerprint density at radius 2 is 1.95 bits per heavy atom. The molecule has 1 heterocycles. The Hall–Kier alpha value is -2.93. The molecule has 1 aliphatic heterocycles. The largest absolute Gasteiger partial charge is 0.508 e. The molecule has 0 saturated carbocycles. The molecule has 0 unspecified atom stereocenters. The summed E-state index contributed by atoms with van der Waals surface area (Å²) >= 11 is 0. The molecule has 110 valence electrons. The third-order valence-electron chi connectivity index (χ3n) is 3.92. The van der Waals surface area contributed by atoms with Crippen LogP contribution in [0.3, 0.4) is 0 Å². The summed E-state index contributed by atoms with van der Waals surface area (Å²) in [5, 5.41) is 19.1. The Labute approximate surface area is 129 Å². The Morgan fingerprint density at radius 3 is 2.59 bits per heavy atom. The molecule has 0 fully saturated rings. The van der Waals surface area contributed by atoms with E-state index in [4.69, 9.17) is 10.5 Å². The third kappa shape index (κ3) is 2.27. The van der Waals surface area contributed by atoms with Crippen molar-refractivity contribution in [1.82, 2.24) is 0 Å². The number of allylic oxidation sites excluding steroid dienone is 1. The van der Waals surface area contributed by atoms with Gasteiger partial charge in [0.1, 0.15) is 23.1 Å². The van der Waals surface area contributed by atoms with Gasteiger partial charge < -0.3 is 15.6 Å². The number of phenols is 1. The van der Waals surface area contributed by atoms with E-state index in [0.29, 0.717) is 11.3 Å². The molecule has 2 aromatic rings. The molecule has 4 nitrogen and oxygen atoms in total. The molecule has 2 aromatic carbocycles. The minimum absolute atomic E-state index is 0.0881. The second kappa shape index (κ2) is 5.45. The van der Waals surface area contributed by atoms with E-state index in [-0.39, 0.29) is 17.6 Å². The molecule has 0 spiro atoms. The van der Waals surface area contributed by atoms with Gasteiger partial charge in [-0.25, -0.2) is 0 Å². The smallest absolute Gasteiger partial charge is 0.205 e. The molecule has 0 aliphatic carbocycles. The predicted octanol–water partition coefficient (Wildman–Crippen LogP) is 3.17. The van der Waals surface area contributed by atoms with Crippen LogP contribution in [0, 0.1) is 11.3 Å². The summed E-state index contributed by atoms with van der Waals surface area (Å²) in [6.07, 6.45) is 0.960. The van der Waals surface area contributed by atoms with Crippen LogP contribution >= 0.6 is 0 Å². The second-order valence-electron chi connectivity index (χ2n) is 5.24. The highest BCUT2D eigenvalue weighted by Gasteiger charge is 2.30. The first kappa shape index (κ1) is 14.0. The maximum atomic E-state index is 9.62. The number of aryl methyl sites for hydroxylation is 1. The van der Waals surface area contributed by atoms with Crippen molar-refractivity contribution in [2.45, 2.75) is 19.3 Å². The summed E-state index contributed by atoms with van der Waals surface area (Å²) in [6.45, 7) is 2.10. The maximum Gasteiger partial charge on any atom is 0.205 e. The molecule has 1 atom stereocenters. The van der Waals surface area contributed by atoms with Crippen molar-refractivity contribution in [2.75, 3.05) is 0 Å². The highest BCUT2D eigenvalue weighted by Crippen LogP contribution is 2.43. The van der Waals surface area contributed by atoms with Gasteiger partial charge in [-0.3, -0.25) is 0 Å². The normalized spacial score (nSPS) is 16.6. The van der Waals surface area contributed by atoms with Gasteiger partial charge in [-0.1, -0.05) is 37.3 Å². The van der Waals surface area contributed by atoms with Crippen molar-refractivity contribution in [2.24, 2.45) is 5.73 Å². The molecular weight excluding hydrogens is 276 g/mol. The summed E-state index contributed by atoms with van der Waals surface area (Å²) in [6, 6.07) is 15.2. The van der Waals surface area contributed by atoms with Crippen LogP contribution in [-0.4, -0.2) is 5.11 Å². The number of fused-ring (bicyclic) bond motifs is 1. The summed E-state index contributed by atoms with van der Waals surface area (Å²) in [7, 11) is 0. The Bertz CT molecular complexity index is 786. The SMILES string of the molecule is CCc1ccc([C@H]2C(C#N)=C(N)Oc3cc(O)ccc32)cc1. The summed E-state index contributed by atoms with van der Waals surface area (Å²) < 4.78 is 5.49. The van der Waals surface area contributed by atoms with Crippen molar-refractivity contribution >= 4 is 0 Å². The number of hydrogen-bond donors (Lipinski definition) is 2. The van der Waals surface area contributed by atoms with E-state index in [9.17, 15) is 10.4 Å². The molecule has 0 saturated heterocycles. The topological polar surface area (TPSA) is 79.3 Å². The zero-order valence-corrected chi connectivity index (χ0v) is 12.2. The minimum Gasteiger partial charge on any atom is -0.508 e. The van der Waals surface area contributed by atoms with Crippen LogP contribution in [0.5, 0.6) is 11.5 Å². The number of aromatic hydroxyl groups is 1. The van der Waals surface area contributed by atoms with Gasteiger partial charge in [0, 0.05) is 11.6 Å². The molecule has 0 aromatic heterocycles. The van der Waals surface area contributed by atoms with Gasteiger partial charge in [0.25, 0.3) is 0 Å². The quantitative estimate of drug-likeness (QED) is 0.891. The second-order valence-corrected chi connectivity index (χ2v) is 5.24. The summed E-state index contributed by atoms with van der Waals surface area (Å²) in [4.78, 5) is 0. The number of nitrogens with two attached hydrogens (primary N) is 1. The van der Waals surface area contributed by atoms with Gasteiger partial charge in [-0.05, 0) is 23.6 Å². The van der Waals surface area contributed by atoms with E-state index in [0.717, 1.165) is 17.5 Å². The number of ether oxygens (including phenoxy) is 1. The van der Waals surface area contributed by atoms with Crippen LogP contribution in [-0.2, 0) is 6.42 Å². The zero-order chi connectivity index (χ0) is 15.7. The molecule has 3 N–H and O–H groups in total. The lowest BCUT2D eigenvalue weighted by Gasteiger charge is -2.26. The lowest BCUT2D eigenvalue weighted by Crippen LogP contribution is -2.20. The Morgan fingerprint density at radius 1 is 1.23 bits per heavy atom. The molecule has 0 radical (unpaired) electrons. The number of hydrogen-bond acceptors (Lipinski definition) is 4. The van der Waals surface area contributed by atoms with E-state index in [1.807, 2.05) is 12.1 Å². The molecule has 0 amide bonds. The average molecular weight is 292 g/mol. The Balaban J connectivity index is 2.16. The fourth-order valence-electron chi connectivity index (χ4n) is 2.73. The number of nitrogens with zero attached hydrogens (tertiary/aromatic N) is 1. The highest BCUT2D eigenvalue weighted by molar-refractivity contribution is 5.57. The standard InChI is InChI=1S/C18H16N2O2/c1-2-11-3-5-12(6-4-11)17-14-8-7-13(21)9-16(14)22-18(20)15(17)10-19/h3-9,17,21H,2,20H2,1H3/t17-/m1/s1. The van der Waals surface area contributed by atoms with Crippen LogP contribution in [0.25, 0.3) is 0 Å². The van der Waals surface area contributed by atoms with Gasteiger partial charge >= 0.3 is 0 Å². The molecule has 1 aliphatic rings. The Kier molecular flexibility index (Phi) is 3.48. The number of rotatable bonds is 2. The minimum atomic E-state index is -0.278. The lowest BCUT2D eigenvalue weighted by atomic mass is 9.83. The van der Waals surface area contributed by atoms with E-state index in [1.165, 1.54) is 11.6 Å². The first-order valence-corrected chi connectivity index (χ1v) is 7.13. The van der Waals surface area contributed by atoms with Gasteiger partial charge in [0.05, 0.1) is 5.92 Å². The summed E-state index contributed by atoms with van der Waals surface area (Å²) in [5.74, 6) is 0.401. The van der Waals surface area contributed by atoms with E-state index >= 15 is 0 Å². The molecule has 3 rings (SSSR count). The number of phenolic OH excluding ortho intramolecular Hbond substituents is 1. The van der Waals surface area contributed by atoms with Crippen molar-refractivity contribution in [3.05, 3.63) is 70.6 Å². The first-order chi connectivity index (χ1) is 10.6. The van der Waals surface area contributed by atoms with Crippen LogP contribution in [0.4, 0.5) is 0 Å². The van der Waals surface area contributed by atoms with E-state index < -0.39 is 0 Å². The number of benzene rings is 2. The van der Waals surface area contributed by atoms with Crippen molar-refractivity contribution < 1.29 is 9.84 Å². The average Bonchev–Trinajstić information content (AvgIpc) is 2.53. The van der Waals surface area contributed by atoms with Crippen molar-refractivity contribution in [1.29, 1.82) is 5.26 Å². The predicted molar refractivity (Wildman–Crippen MR) is 83.2 cm³/mol. The monoisotopic (exact) mass is 292 g/mol. The van der Waals surface area contributed by atoms with Crippen LogP contribution in [0.1, 0.15) is 29.5 Å². The summed E-state index contributed by atoms with van der Waals surface area (Å²) in [5.41, 5.74) is 9.32. The van der Waals surface area contributed by atoms with Crippen molar-refractivity contribution in [3.63, 3.8) is 0 Å². The zero-order valence-electron chi connectivity index (χ0n) is 12.2. The third-order valence-corrected chi connectivity index (χ3v) is 3.92. The highest BCUT2D eigenvalue weighted by atomic mass is 16.5. The molecule has 0 bridgehead atoms. The van der Waals surface area contributed by atoms with Gasteiger partial charge in [-0.2, -0.15) is 5.26 Å². The van der Waals surface area contributed by atoms with Gasteiger partial charge in [-0.15, -0.1) is 0 Å². The van der Waals surface area contributed by atoms with E-state index in [2.05, 4.69) is 25.1 Å². The van der Waals surface area contributed by atoms with Crippen LogP contribution in [0.15, 0.2) is 53.9 Å². The number of nitriles is 1. The van der Waals surface area contributed by atoms with Gasteiger partial charge in [0.15, 0.2) is 0 Å². The van der Waals surface area contributed by atoms with Gasteiger partial charge in [0.2, 0.25) is 5.88 Å². The molecule has 4 heteroatoms. The lowest BCUT2D eigenvalue weighted by molar-refractivity contribution is 0.388. The van der Waals surface area contributed by atoms with Crippen LogP contribution < -0.4 is 10.5 Å². The van der Waals surface area contributed by atoms with Crippen LogP contribution in [0.2, 0.25) is 0 Å².